The maximum absolute atomic E-state index is 12.5. The second kappa shape index (κ2) is 8.31. The van der Waals surface area contributed by atoms with Crippen LogP contribution in [0, 0.1) is 12.8 Å². The number of amides is 1. The minimum absolute atomic E-state index is 0.212. The lowest BCUT2D eigenvalue weighted by atomic mass is 9.93. The number of aryl methyl sites for hydroxylation is 3. The second-order valence-corrected chi connectivity index (χ2v) is 8.07. The molecule has 0 radical (unpaired) electrons. The van der Waals surface area contributed by atoms with Gasteiger partial charge in [0.2, 0.25) is 5.91 Å². The number of hydrogen-bond acceptors (Lipinski definition) is 4. The highest BCUT2D eigenvalue weighted by atomic mass is 16.5. The third-order valence-corrected chi connectivity index (χ3v) is 5.63. The van der Waals surface area contributed by atoms with Crippen LogP contribution in [-0.4, -0.2) is 30.1 Å². The van der Waals surface area contributed by atoms with E-state index in [2.05, 4.69) is 5.32 Å². The smallest absolute Gasteiger partial charge is 0.326 e. The van der Waals surface area contributed by atoms with Gasteiger partial charge in [-0.15, -0.1) is 0 Å². The first-order valence-corrected chi connectivity index (χ1v) is 10.1. The fraction of sp³-hybridized carbons (Fsp3) is 0.478. The van der Waals surface area contributed by atoms with Crippen molar-refractivity contribution in [1.82, 2.24) is 5.32 Å². The molecule has 3 rings (SSSR count). The largest absolute Gasteiger partial charge is 0.496 e. The molecule has 1 aromatic carbocycles. The predicted octanol–water partition coefficient (Wildman–Crippen LogP) is 4.26. The fourth-order valence-corrected chi connectivity index (χ4v) is 4.08. The molecule has 1 unspecified atom stereocenters. The number of allylic oxidation sites excluding steroid dienone is 1. The zero-order chi connectivity index (χ0) is 21.3. The predicted molar refractivity (Wildman–Crippen MR) is 112 cm³/mol. The summed E-state index contributed by atoms with van der Waals surface area (Å²) >= 11 is 0. The number of nitrogens with one attached hydrogen (secondary N) is 1. The number of hydrogen-bond donors (Lipinski definition) is 2. The van der Waals surface area contributed by atoms with Crippen molar-refractivity contribution in [2.24, 2.45) is 5.92 Å². The van der Waals surface area contributed by atoms with Gasteiger partial charge in [-0.3, -0.25) is 4.79 Å². The van der Waals surface area contributed by atoms with Crippen LogP contribution in [0.5, 0.6) is 5.75 Å². The summed E-state index contributed by atoms with van der Waals surface area (Å²) in [7, 11) is 1.60. The Kier molecular flexibility index (Phi) is 6.01. The Morgan fingerprint density at radius 2 is 1.97 bits per heavy atom. The van der Waals surface area contributed by atoms with E-state index < -0.39 is 17.9 Å². The SMILES string of the molecule is COc1c(/C(C)=C/C(=O)NC(C(=O)O)C(C)C)cc2c3c(oc2c1C)CCCC3. The molecule has 156 valence electrons. The molecule has 6 nitrogen and oxygen atoms in total. The zero-order valence-corrected chi connectivity index (χ0v) is 17.7. The lowest BCUT2D eigenvalue weighted by Gasteiger charge is -2.17. The maximum Gasteiger partial charge on any atom is 0.326 e. The Morgan fingerprint density at radius 1 is 1.28 bits per heavy atom. The van der Waals surface area contributed by atoms with Crippen LogP contribution >= 0.6 is 0 Å². The number of ether oxygens (including phenoxy) is 1. The van der Waals surface area contributed by atoms with Gasteiger partial charge in [0.1, 0.15) is 23.1 Å². The Hall–Kier alpha value is -2.76. The van der Waals surface area contributed by atoms with Crippen LogP contribution in [0.3, 0.4) is 0 Å². The van der Waals surface area contributed by atoms with Crippen LogP contribution in [0.1, 0.15) is 56.1 Å². The molecule has 1 aliphatic rings. The molecule has 0 aliphatic heterocycles. The third kappa shape index (κ3) is 4.02. The van der Waals surface area contributed by atoms with Crippen LogP contribution in [0.4, 0.5) is 0 Å². The van der Waals surface area contributed by atoms with Gasteiger partial charge in [-0.25, -0.2) is 4.79 Å². The van der Waals surface area contributed by atoms with Crippen molar-refractivity contribution >= 4 is 28.4 Å². The molecule has 6 heteroatoms. The van der Waals surface area contributed by atoms with Gasteiger partial charge in [0.05, 0.1) is 7.11 Å². The first-order chi connectivity index (χ1) is 13.7. The molecule has 0 saturated carbocycles. The molecule has 29 heavy (non-hydrogen) atoms. The van der Waals surface area contributed by atoms with E-state index >= 15 is 0 Å². The number of aliphatic carboxylic acids is 1. The van der Waals surface area contributed by atoms with Gasteiger partial charge >= 0.3 is 5.97 Å². The number of fused-ring (bicyclic) bond motifs is 3. The van der Waals surface area contributed by atoms with Crippen LogP contribution in [0.2, 0.25) is 0 Å². The van der Waals surface area contributed by atoms with E-state index in [1.165, 1.54) is 11.6 Å². The van der Waals surface area contributed by atoms with Gasteiger partial charge in [0.25, 0.3) is 0 Å². The van der Waals surface area contributed by atoms with E-state index in [9.17, 15) is 14.7 Å². The normalized spacial score (nSPS) is 15.3. The van der Waals surface area contributed by atoms with Crippen molar-refractivity contribution < 1.29 is 23.8 Å². The first kappa shape index (κ1) is 21.0. The molecular weight excluding hydrogens is 370 g/mol. The molecule has 2 N–H and O–H groups in total. The molecule has 1 aromatic heterocycles. The number of carbonyl (C=O) groups excluding carboxylic acids is 1. The van der Waals surface area contributed by atoms with Gasteiger partial charge in [0.15, 0.2) is 0 Å². The van der Waals surface area contributed by atoms with Crippen LogP contribution in [0.25, 0.3) is 16.5 Å². The van der Waals surface area contributed by atoms with Crippen molar-refractivity contribution in [1.29, 1.82) is 0 Å². The van der Waals surface area contributed by atoms with E-state index in [0.717, 1.165) is 53.5 Å². The van der Waals surface area contributed by atoms with E-state index in [0.29, 0.717) is 11.3 Å². The minimum Gasteiger partial charge on any atom is -0.496 e. The van der Waals surface area contributed by atoms with Crippen molar-refractivity contribution in [3.63, 3.8) is 0 Å². The Balaban J connectivity index is 2.02. The maximum atomic E-state index is 12.5. The van der Waals surface area contributed by atoms with Crippen LogP contribution < -0.4 is 10.1 Å². The number of carboxylic acids is 1. The van der Waals surface area contributed by atoms with E-state index in [1.807, 2.05) is 19.9 Å². The van der Waals surface area contributed by atoms with Gasteiger partial charge < -0.3 is 19.6 Å². The van der Waals surface area contributed by atoms with E-state index in [4.69, 9.17) is 9.15 Å². The number of carboxylic acid groups (broad SMARTS) is 1. The summed E-state index contributed by atoms with van der Waals surface area (Å²) in [6.45, 7) is 7.32. The summed E-state index contributed by atoms with van der Waals surface area (Å²) in [6.07, 6.45) is 5.66. The quantitative estimate of drug-likeness (QED) is 0.709. The molecule has 0 saturated heterocycles. The minimum atomic E-state index is -1.04. The highest BCUT2D eigenvalue weighted by Gasteiger charge is 2.25. The van der Waals surface area contributed by atoms with Gasteiger partial charge in [-0.1, -0.05) is 13.8 Å². The van der Waals surface area contributed by atoms with E-state index in [-0.39, 0.29) is 5.92 Å². The molecule has 2 aromatic rings. The summed E-state index contributed by atoms with van der Waals surface area (Å²) in [5, 5.41) is 13.0. The first-order valence-electron chi connectivity index (χ1n) is 10.1. The number of furan rings is 1. The standard InChI is InChI=1S/C23H29NO5/c1-12(2)20(23(26)27)24-19(25)10-13(3)16-11-17-15-8-6-7-9-18(15)29-22(17)14(4)21(16)28-5/h10-12,20H,6-9H2,1-5H3,(H,24,25)(H,26,27)/b13-10+. The summed E-state index contributed by atoms with van der Waals surface area (Å²) < 4.78 is 11.8. The molecule has 0 spiro atoms. The Labute approximate surface area is 170 Å². The lowest BCUT2D eigenvalue weighted by Crippen LogP contribution is -2.43. The van der Waals surface area contributed by atoms with Crippen molar-refractivity contribution in [3.05, 3.63) is 34.6 Å². The lowest BCUT2D eigenvalue weighted by molar-refractivity contribution is -0.142. The Bertz CT molecular complexity index is 983. The molecule has 0 bridgehead atoms. The zero-order valence-electron chi connectivity index (χ0n) is 17.7. The van der Waals surface area contributed by atoms with Crippen molar-refractivity contribution in [3.8, 4) is 5.75 Å². The van der Waals surface area contributed by atoms with Gasteiger partial charge in [-0.05, 0) is 50.7 Å². The Morgan fingerprint density at radius 3 is 2.59 bits per heavy atom. The van der Waals surface area contributed by atoms with Gasteiger partial charge in [-0.2, -0.15) is 0 Å². The summed E-state index contributed by atoms with van der Waals surface area (Å²) in [5.74, 6) is 0.0330. The third-order valence-electron chi connectivity index (χ3n) is 5.63. The average Bonchev–Trinajstić information content (AvgIpc) is 3.04. The molecular formula is C23H29NO5. The topological polar surface area (TPSA) is 88.8 Å². The molecule has 1 amide bonds. The van der Waals surface area contributed by atoms with Crippen LogP contribution in [-0.2, 0) is 22.4 Å². The fourth-order valence-electron chi connectivity index (χ4n) is 4.08. The summed E-state index contributed by atoms with van der Waals surface area (Å²) in [6, 6.07) is 1.10. The second-order valence-electron chi connectivity index (χ2n) is 8.07. The van der Waals surface area contributed by atoms with Gasteiger partial charge in [0, 0.05) is 34.6 Å². The molecule has 0 fully saturated rings. The highest BCUT2D eigenvalue weighted by molar-refractivity contribution is 5.99. The van der Waals surface area contributed by atoms with Crippen molar-refractivity contribution in [2.45, 2.75) is 59.4 Å². The monoisotopic (exact) mass is 399 g/mol. The number of benzene rings is 1. The van der Waals surface area contributed by atoms with Crippen molar-refractivity contribution in [2.75, 3.05) is 7.11 Å². The van der Waals surface area contributed by atoms with E-state index in [1.54, 1.807) is 21.0 Å². The van der Waals surface area contributed by atoms with Crippen LogP contribution in [0.15, 0.2) is 16.6 Å². The number of methoxy groups -OCH3 is 1. The summed E-state index contributed by atoms with van der Waals surface area (Å²) in [4.78, 5) is 23.8. The molecule has 1 heterocycles. The molecule has 1 atom stereocenters. The summed E-state index contributed by atoms with van der Waals surface area (Å²) in [5.41, 5.74) is 4.54. The molecule has 1 aliphatic carbocycles. The number of carbonyl (C=O) groups is 2. The highest BCUT2D eigenvalue weighted by Crippen LogP contribution is 2.40. The number of rotatable bonds is 6. The average molecular weight is 399 g/mol.